The van der Waals surface area contributed by atoms with E-state index in [1.165, 1.54) is 19.2 Å². The number of hydrogen-bond donors (Lipinski definition) is 10. The Kier molecular flexibility index (Phi) is 43.7. The number of nitrogens with zero attached hydrogens (tertiary/aromatic N) is 4. The lowest BCUT2D eigenvalue weighted by Crippen LogP contribution is -2.45. The van der Waals surface area contributed by atoms with Crippen molar-refractivity contribution in [2.24, 2.45) is 41.4 Å². The van der Waals surface area contributed by atoms with Gasteiger partial charge in [0.15, 0.2) is 0 Å². The van der Waals surface area contributed by atoms with Crippen LogP contribution in [-0.2, 0) is 83.6 Å². The lowest BCUT2D eigenvalue weighted by Gasteiger charge is -2.36. The molecule has 39 heteroatoms. The van der Waals surface area contributed by atoms with Crippen molar-refractivity contribution in [2.45, 2.75) is 326 Å². The zero-order valence-corrected chi connectivity index (χ0v) is 89.1. The molecule has 1 aromatic heterocycles. The van der Waals surface area contributed by atoms with Crippen LogP contribution in [0.4, 0.5) is 45.6 Å². The minimum atomic E-state index is -3.28. The number of amides is 5. The van der Waals surface area contributed by atoms with Gasteiger partial charge in [-0.15, -0.1) is 0 Å². The van der Waals surface area contributed by atoms with Crippen molar-refractivity contribution in [3.63, 3.8) is 0 Å². The minimum Gasteiger partial charge on any atom is -0.495 e. The molecule has 0 radical (unpaired) electrons. The fourth-order valence-electron chi connectivity index (χ4n) is 18.5. The molecule has 32 nitrogen and oxygen atoms in total. The number of pyridine rings is 1. The summed E-state index contributed by atoms with van der Waals surface area (Å²) in [5.74, 6) is 2.31. The second-order valence-corrected chi connectivity index (χ2v) is 52.5. The molecular formula is C99H154Cl2N14O18S5. The number of ether oxygens (including phenoxy) is 3. The Morgan fingerprint density at radius 3 is 0.884 bits per heavy atom. The molecule has 5 saturated carbocycles. The summed E-state index contributed by atoms with van der Waals surface area (Å²) in [6.07, 6.45) is 17.3. The van der Waals surface area contributed by atoms with Gasteiger partial charge in [0, 0.05) is 138 Å². The molecule has 4 heterocycles. The Hall–Kier alpha value is -7.37. The Morgan fingerprint density at radius 2 is 0.609 bits per heavy atom. The Labute approximate surface area is 832 Å². The highest BCUT2D eigenvalue weighted by Gasteiger charge is 2.37. The lowest BCUT2D eigenvalue weighted by atomic mass is 9.86. The van der Waals surface area contributed by atoms with E-state index in [1.807, 2.05) is 48.5 Å². The first-order chi connectivity index (χ1) is 64.9. The van der Waals surface area contributed by atoms with Crippen LogP contribution >= 0.6 is 23.2 Å². The molecule has 772 valence electrons. The summed E-state index contributed by atoms with van der Waals surface area (Å²) in [7, 11) is -14.8. The van der Waals surface area contributed by atoms with Crippen molar-refractivity contribution in [2.75, 3.05) is 87.7 Å². The smallest absolute Gasteiger partial charge is 0.227 e. The van der Waals surface area contributed by atoms with E-state index in [2.05, 4.69) is 124 Å². The predicted molar refractivity (Wildman–Crippen MR) is 554 cm³/mol. The van der Waals surface area contributed by atoms with Crippen LogP contribution in [0.5, 0.6) is 5.75 Å². The summed E-state index contributed by atoms with van der Waals surface area (Å²) in [6, 6.07) is 31.7. The van der Waals surface area contributed by atoms with Crippen LogP contribution in [0.1, 0.15) is 246 Å². The number of anilines is 8. The van der Waals surface area contributed by atoms with Crippen molar-refractivity contribution in [1.29, 1.82) is 0 Å². The summed E-state index contributed by atoms with van der Waals surface area (Å²) in [5.41, 5.74) is 5.95. The number of nitrogens with one attached hydrogen (secondary N) is 10. The number of methoxy groups -OCH3 is 1. The monoisotopic (exact) mass is 2060 g/mol. The standard InChI is InChI=1S/C23H37N3O3S.C22H35N3O4S.C21H34N4O4S.C17H25ClN2O4S.C16H23ClN2O3S/c1-16(2)30(28,29)25-21-7-5-19(6-8-21)23(27)24-20-9-11-22(12-10-20)26-14-17(3)13-18(4)15-26;1-15(2)30(27,28)24-20-7-5-18(6-8-20)22(26)23-19-9-11-21(12-10-19)25-13-16(3)29-17(4)14-25;1-14(2)30(27,28)24-18-7-5-17(6-8-18)21(26)23-19-9-10-20(22-11-19)25-12-15(3)29-16(4)13-25;1-11(2)25(22,23)20-13-6-4-12(5-7-13)17(21)19-14-8-9-16(24-3)15(18)10-14;1-11(2)23(21,22)19-14-8-6-12(7-9-14)16(20)18-15-5-3-4-13(17)10-15/h9-12,16-19,21,25H,5-8,13-15H2,1-4H3,(H,24,27);9-12,15-18,20,24H,5-8,13-14H2,1-4H3,(H,23,26);9-11,14-18,24H,5-8,12-13H2,1-4H3,(H,23,26);8-13,20H,4-7H2,1-3H3,(H,19,21);3-5,10-12,14,19H,6-9H2,1-2H3,(H,18,20)/t17-,18?,19?,21?;16-,17-,18?,20?;15-,16+,17?,18?;;/m11.../s1. The van der Waals surface area contributed by atoms with Crippen LogP contribution in [0.3, 0.4) is 0 Å². The second-order valence-electron chi connectivity index (χ2n) is 40.3. The first kappa shape index (κ1) is 114. The Balaban J connectivity index is 0.000000194. The number of halogens is 2. The van der Waals surface area contributed by atoms with Gasteiger partial charge in [-0.25, -0.2) is 70.7 Å². The van der Waals surface area contributed by atoms with E-state index in [9.17, 15) is 66.1 Å². The second kappa shape index (κ2) is 52.8. The minimum absolute atomic E-state index is 0.0153. The number of carbonyl (C=O) groups is 5. The molecule has 5 amide bonds. The van der Waals surface area contributed by atoms with Crippen LogP contribution in [0.2, 0.25) is 10.0 Å². The van der Waals surface area contributed by atoms with Gasteiger partial charge in [0.05, 0.1) is 74.7 Å². The van der Waals surface area contributed by atoms with Crippen molar-refractivity contribution < 1.29 is 80.3 Å². The maximum absolute atomic E-state index is 12.7. The summed E-state index contributed by atoms with van der Waals surface area (Å²) >= 11 is 12.0. The maximum Gasteiger partial charge on any atom is 0.227 e. The first-order valence-electron chi connectivity index (χ1n) is 49.3. The van der Waals surface area contributed by atoms with Crippen LogP contribution in [-0.4, -0.2) is 204 Å². The van der Waals surface area contributed by atoms with Gasteiger partial charge in [0.25, 0.3) is 0 Å². The number of aromatic nitrogens is 1. The molecule has 6 atom stereocenters. The number of benzene rings is 4. The number of hydrogen-bond acceptors (Lipinski definition) is 22. The zero-order chi connectivity index (χ0) is 101. The number of sulfonamides is 5. The lowest BCUT2D eigenvalue weighted by molar-refractivity contribution is -0.121. The fourth-order valence-corrected chi connectivity index (χ4v) is 23.8. The van der Waals surface area contributed by atoms with Crippen LogP contribution in [0.15, 0.2) is 109 Å². The normalized spacial score (nSPS) is 25.7. The van der Waals surface area contributed by atoms with Crippen molar-refractivity contribution in [3.05, 3.63) is 119 Å². The summed E-state index contributed by atoms with van der Waals surface area (Å²) in [4.78, 5) is 74.1. The van der Waals surface area contributed by atoms with Crippen molar-refractivity contribution >= 4 is 148 Å². The molecule has 10 N–H and O–H groups in total. The highest BCUT2D eigenvalue weighted by Crippen LogP contribution is 2.36. The van der Waals surface area contributed by atoms with E-state index < -0.39 is 76.4 Å². The van der Waals surface area contributed by atoms with Crippen LogP contribution in [0.25, 0.3) is 0 Å². The van der Waals surface area contributed by atoms with E-state index in [-0.39, 0.29) is 114 Å². The predicted octanol–water partition coefficient (Wildman–Crippen LogP) is 16.0. The zero-order valence-electron chi connectivity index (χ0n) is 83.5. The number of piperidine rings is 1. The van der Waals surface area contributed by atoms with E-state index in [0.717, 1.165) is 62.1 Å². The number of morpholine rings is 2. The molecule has 13 rings (SSSR count). The molecular weight excluding hydrogens is 1900 g/mol. The molecule has 5 aliphatic carbocycles. The summed E-state index contributed by atoms with van der Waals surface area (Å²) < 4.78 is 150. The van der Waals surface area contributed by atoms with Crippen molar-refractivity contribution in [1.82, 2.24) is 28.6 Å². The molecule has 8 fully saturated rings. The van der Waals surface area contributed by atoms with Gasteiger partial charge in [0.1, 0.15) is 11.6 Å². The fraction of sp³-hybridized carbons (Fsp3) is 0.657. The van der Waals surface area contributed by atoms with Crippen molar-refractivity contribution in [3.8, 4) is 5.75 Å². The third-order valence-electron chi connectivity index (χ3n) is 26.8. The summed E-state index contributed by atoms with van der Waals surface area (Å²) in [6.45, 7) is 35.0. The number of carbonyl (C=O) groups excluding carboxylic acids is 5. The molecule has 0 bridgehead atoms. The highest BCUT2D eigenvalue weighted by atomic mass is 35.5. The average molecular weight is 2060 g/mol. The van der Waals surface area contributed by atoms with E-state index >= 15 is 0 Å². The molecule has 5 aromatic rings. The maximum atomic E-state index is 12.7. The van der Waals surface area contributed by atoms with E-state index in [0.29, 0.717) is 173 Å². The van der Waals surface area contributed by atoms with E-state index in [4.69, 9.17) is 37.4 Å². The molecule has 8 aliphatic rings. The number of rotatable bonds is 29. The third-order valence-corrected chi connectivity index (χ3v) is 36.9. The third kappa shape index (κ3) is 36.2. The van der Waals surface area contributed by atoms with Gasteiger partial charge in [-0.1, -0.05) is 43.1 Å². The quantitative estimate of drug-likeness (QED) is 0.0212. The molecule has 1 unspecified atom stereocenters. The van der Waals surface area contributed by atoms with Gasteiger partial charge in [-0.3, -0.25) is 24.0 Å². The Morgan fingerprint density at radius 1 is 0.341 bits per heavy atom. The van der Waals surface area contributed by atoms with Gasteiger partial charge in [-0.2, -0.15) is 0 Å². The van der Waals surface area contributed by atoms with Crippen LogP contribution < -0.4 is 69.6 Å². The topological polar surface area (TPSA) is 427 Å². The molecule has 4 aromatic carbocycles. The van der Waals surface area contributed by atoms with Gasteiger partial charge >= 0.3 is 0 Å². The molecule has 3 aliphatic heterocycles. The summed E-state index contributed by atoms with van der Waals surface area (Å²) in [5, 5.41) is 13.6. The highest BCUT2D eigenvalue weighted by molar-refractivity contribution is 7.91. The SMILES string of the molecule is CC(C)S(=O)(=O)NC1CCC(C(=O)Nc2ccc(N3C[C@@H](C)O[C@@H](C)C3)nc2)CC1.CC(C)S(=O)(=O)NC1CCC(C(=O)Nc2ccc(N3C[C@@H](C)O[C@H](C)C3)cc2)CC1.CC(C)S(=O)(=O)NC1CCC(C(=O)Nc2cccc(Cl)c2)CC1.CC1C[C@@H](C)CN(c2ccc(NC(=O)C3CCC(NS(=O)(=O)C(C)C)CC3)cc2)C1.COc1ccc(NC(=O)C2CCC(NS(=O)(=O)C(C)C)CC2)cc1Cl. The van der Waals surface area contributed by atoms with Gasteiger partial charge in [-0.05, 0) is 341 Å². The Bertz CT molecular complexity index is 4980. The average Bonchev–Trinajstić information content (AvgIpc) is 0.836. The first-order valence-corrected chi connectivity index (χ1v) is 57.8. The largest absolute Gasteiger partial charge is 0.495 e. The molecule has 138 heavy (non-hydrogen) atoms. The molecule has 0 spiro atoms. The van der Waals surface area contributed by atoms with E-state index in [1.54, 1.807) is 118 Å². The van der Waals surface area contributed by atoms with Gasteiger partial charge in [0.2, 0.25) is 79.7 Å². The molecule has 3 saturated heterocycles. The van der Waals surface area contributed by atoms with Crippen LogP contribution in [0, 0.1) is 41.4 Å². The van der Waals surface area contributed by atoms with Gasteiger partial charge < -0.3 is 55.5 Å².